The van der Waals surface area contributed by atoms with Gasteiger partial charge < -0.3 is 10.2 Å². The van der Waals surface area contributed by atoms with E-state index in [9.17, 15) is 9.18 Å². The molecule has 1 heterocycles. The van der Waals surface area contributed by atoms with Gasteiger partial charge in [0.15, 0.2) is 0 Å². The van der Waals surface area contributed by atoms with Crippen molar-refractivity contribution in [3.05, 3.63) is 96.4 Å². The maximum Gasteiger partial charge on any atom is 0.236 e. The Morgan fingerprint density at radius 3 is 2.28 bits per heavy atom. The molecule has 3 aromatic carbocycles. The summed E-state index contributed by atoms with van der Waals surface area (Å²) in [6, 6.07) is 24.8. The number of halogens is 1. The highest BCUT2D eigenvalue weighted by atomic mass is 19.1. The van der Waals surface area contributed by atoms with Crippen LogP contribution in [0.1, 0.15) is 5.56 Å². The van der Waals surface area contributed by atoms with Crippen LogP contribution in [0.4, 0.5) is 4.39 Å². The second kappa shape index (κ2) is 9.58. The Kier molecular flexibility index (Phi) is 6.42. The van der Waals surface area contributed by atoms with Crippen molar-refractivity contribution in [2.45, 2.75) is 6.54 Å². The van der Waals surface area contributed by atoms with E-state index in [2.05, 4.69) is 22.5 Å². The van der Waals surface area contributed by atoms with Crippen LogP contribution in [0.2, 0.25) is 0 Å². The highest BCUT2D eigenvalue weighted by Crippen LogP contribution is 2.30. The molecule has 0 bridgehead atoms. The van der Waals surface area contributed by atoms with Gasteiger partial charge in [0, 0.05) is 31.8 Å². The van der Waals surface area contributed by atoms with Gasteiger partial charge in [-0.05, 0) is 35.4 Å². The quantitative estimate of drug-likeness (QED) is 0.471. The van der Waals surface area contributed by atoms with E-state index in [0.717, 1.165) is 22.4 Å². The minimum Gasteiger partial charge on any atom is -0.348 e. The summed E-state index contributed by atoms with van der Waals surface area (Å²) < 4.78 is 16.5. The molecule has 0 aliphatic heterocycles. The number of rotatable bonds is 7. The van der Waals surface area contributed by atoms with Gasteiger partial charge in [-0.1, -0.05) is 54.6 Å². The van der Waals surface area contributed by atoms with Gasteiger partial charge in [0.2, 0.25) is 5.91 Å². The number of carbonyl (C=O) groups excluding carboxylic acids is 1. The van der Waals surface area contributed by atoms with Crippen LogP contribution >= 0.6 is 0 Å². The molecule has 32 heavy (non-hydrogen) atoms. The molecule has 0 saturated carbocycles. The molecule has 1 N–H and O–H groups in total. The summed E-state index contributed by atoms with van der Waals surface area (Å²) in [5, 5.41) is 7.69. The van der Waals surface area contributed by atoms with Crippen LogP contribution in [0.25, 0.3) is 28.1 Å². The van der Waals surface area contributed by atoms with Crippen LogP contribution in [-0.4, -0.2) is 41.2 Å². The molecule has 6 heteroatoms. The lowest BCUT2D eigenvalue weighted by atomic mass is 10.0. The standard InChI is InChI=1S/C26H25FN4O/c1-30(2)25(32)18-28-16-21-17-29-31(26(21)23-10-6-7-11-24(23)27)22-14-12-20(13-15-22)19-8-4-3-5-9-19/h3-15,17,28H,16,18H2,1-2H3. The molecule has 1 amide bonds. The van der Waals surface area contributed by atoms with Crippen LogP contribution in [0.5, 0.6) is 0 Å². The second-order valence-corrected chi connectivity index (χ2v) is 7.71. The van der Waals surface area contributed by atoms with Crippen LogP contribution in [0, 0.1) is 5.82 Å². The average Bonchev–Trinajstić information content (AvgIpc) is 3.23. The molecule has 0 fully saturated rings. The lowest BCUT2D eigenvalue weighted by Gasteiger charge is -2.13. The van der Waals surface area contributed by atoms with Crippen LogP contribution in [0.15, 0.2) is 85.1 Å². The molecule has 5 nitrogen and oxygen atoms in total. The molecule has 0 spiro atoms. The second-order valence-electron chi connectivity index (χ2n) is 7.71. The molecule has 0 aliphatic carbocycles. The van der Waals surface area contributed by atoms with E-state index in [1.54, 1.807) is 43.2 Å². The molecule has 0 unspecified atom stereocenters. The van der Waals surface area contributed by atoms with E-state index < -0.39 is 0 Å². The summed E-state index contributed by atoms with van der Waals surface area (Å²) in [4.78, 5) is 13.4. The smallest absolute Gasteiger partial charge is 0.236 e. The molecule has 0 radical (unpaired) electrons. The molecular weight excluding hydrogens is 403 g/mol. The summed E-state index contributed by atoms with van der Waals surface area (Å²) in [7, 11) is 3.43. The van der Waals surface area contributed by atoms with Crippen molar-refractivity contribution in [3.63, 3.8) is 0 Å². The molecule has 0 aliphatic rings. The third-order valence-corrected chi connectivity index (χ3v) is 5.28. The number of nitrogens with zero attached hydrogens (tertiary/aromatic N) is 3. The van der Waals surface area contributed by atoms with Gasteiger partial charge in [-0.15, -0.1) is 0 Å². The van der Waals surface area contributed by atoms with Crippen LogP contribution in [0.3, 0.4) is 0 Å². The zero-order valence-corrected chi connectivity index (χ0v) is 18.1. The Balaban J connectivity index is 1.68. The number of hydrogen-bond acceptors (Lipinski definition) is 3. The Morgan fingerprint density at radius 2 is 1.59 bits per heavy atom. The monoisotopic (exact) mass is 428 g/mol. The first kappa shape index (κ1) is 21.5. The van der Waals surface area contributed by atoms with Gasteiger partial charge >= 0.3 is 0 Å². The van der Waals surface area contributed by atoms with E-state index in [1.807, 2.05) is 42.5 Å². The minimum absolute atomic E-state index is 0.0265. The first-order valence-electron chi connectivity index (χ1n) is 10.4. The van der Waals surface area contributed by atoms with E-state index in [0.29, 0.717) is 17.8 Å². The van der Waals surface area contributed by atoms with Gasteiger partial charge in [-0.25, -0.2) is 9.07 Å². The number of likely N-dealkylation sites (N-methyl/N-ethyl adjacent to an activating group) is 1. The van der Waals surface area contributed by atoms with Gasteiger partial charge in [-0.2, -0.15) is 5.10 Å². The number of amides is 1. The maximum absolute atomic E-state index is 14.7. The largest absolute Gasteiger partial charge is 0.348 e. The summed E-state index contributed by atoms with van der Waals surface area (Å²) in [6.07, 6.45) is 1.72. The van der Waals surface area contributed by atoms with Crippen LogP contribution < -0.4 is 5.32 Å². The van der Waals surface area contributed by atoms with Gasteiger partial charge in [-0.3, -0.25) is 4.79 Å². The van der Waals surface area contributed by atoms with E-state index in [1.165, 1.54) is 11.0 Å². The van der Waals surface area contributed by atoms with Crippen LogP contribution in [-0.2, 0) is 11.3 Å². The van der Waals surface area contributed by atoms with Crippen molar-refractivity contribution >= 4 is 5.91 Å². The van der Waals surface area contributed by atoms with Gasteiger partial charge in [0.05, 0.1) is 24.1 Å². The average molecular weight is 429 g/mol. The number of aromatic nitrogens is 2. The number of nitrogens with one attached hydrogen (secondary N) is 1. The number of benzene rings is 3. The molecule has 162 valence electrons. The third kappa shape index (κ3) is 4.60. The predicted octanol–water partition coefficient (Wildman–Crippen LogP) is 4.52. The zero-order valence-electron chi connectivity index (χ0n) is 18.1. The fourth-order valence-electron chi connectivity index (χ4n) is 3.54. The Bertz CT molecular complexity index is 1200. The topological polar surface area (TPSA) is 50.2 Å². The lowest BCUT2D eigenvalue weighted by molar-refractivity contribution is -0.127. The van der Waals surface area contributed by atoms with E-state index in [4.69, 9.17) is 0 Å². The third-order valence-electron chi connectivity index (χ3n) is 5.28. The highest BCUT2D eigenvalue weighted by molar-refractivity contribution is 5.77. The van der Waals surface area contributed by atoms with Crippen molar-refractivity contribution in [1.29, 1.82) is 0 Å². The Morgan fingerprint density at radius 1 is 0.938 bits per heavy atom. The molecule has 4 aromatic rings. The maximum atomic E-state index is 14.7. The number of carbonyl (C=O) groups is 1. The molecule has 0 atom stereocenters. The molecule has 0 saturated heterocycles. The van der Waals surface area contributed by atoms with Gasteiger partial charge in [0.1, 0.15) is 5.82 Å². The van der Waals surface area contributed by atoms with Crippen molar-refractivity contribution in [2.75, 3.05) is 20.6 Å². The van der Waals surface area contributed by atoms with E-state index >= 15 is 0 Å². The normalized spacial score (nSPS) is 10.8. The highest BCUT2D eigenvalue weighted by Gasteiger charge is 2.18. The first-order chi connectivity index (χ1) is 15.5. The van der Waals surface area contributed by atoms with Crippen molar-refractivity contribution < 1.29 is 9.18 Å². The first-order valence-corrected chi connectivity index (χ1v) is 10.4. The van der Waals surface area contributed by atoms with Crippen molar-refractivity contribution in [2.24, 2.45) is 0 Å². The number of hydrogen-bond donors (Lipinski definition) is 1. The lowest BCUT2D eigenvalue weighted by Crippen LogP contribution is -2.32. The summed E-state index contributed by atoms with van der Waals surface area (Å²) in [6.45, 7) is 0.589. The fraction of sp³-hybridized carbons (Fsp3) is 0.154. The van der Waals surface area contributed by atoms with Gasteiger partial charge in [0.25, 0.3) is 0 Å². The van der Waals surface area contributed by atoms with Crippen molar-refractivity contribution in [3.8, 4) is 28.1 Å². The molecule has 1 aromatic heterocycles. The summed E-state index contributed by atoms with van der Waals surface area (Å²) in [5.74, 6) is -0.345. The summed E-state index contributed by atoms with van der Waals surface area (Å²) in [5.41, 5.74) is 5.00. The predicted molar refractivity (Wildman–Crippen MR) is 125 cm³/mol. The van der Waals surface area contributed by atoms with Crippen molar-refractivity contribution in [1.82, 2.24) is 20.0 Å². The SMILES string of the molecule is CN(C)C(=O)CNCc1cnn(-c2ccc(-c3ccccc3)cc2)c1-c1ccccc1F. The fourth-order valence-corrected chi connectivity index (χ4v) is 3.54. The minimum atomic E-state index is -0.319. The molecule has 4 rings (SSSR count). The van der Waals surface area contributed by atoms with E-state index in [-0.39, 0.29) is 18.3 Å². The Labute approximate surface area is 187 Å². The Hall–Kier alpha value is -3.77. The molecular formula is C26H25FN4O. The summed E-state index contributed by atoms with van der Waals surface area (Å²) >= 11 is 0. The zero-order chi connectivity index (χ0) is 22.5.